The van der Waals surface area contributed by atoms with Crippen molar-refractivity contribution >= 4 is 29.5 Å². The molecule has 1 heterocycles. The van der Waals surface area contributed by atoms with Crippen LogP contribution in [0.1, 0.15) is 56.3 Å². The molecule has 1 saturated heterocycles. The molecule has 2 fully saturated rings. The van der Waals surface area contributed by atoms with Gasteiger partial charge in [-0.15, -0.1) is 0 Å². The summed E-state index contributed by atoms with van der Waals surface area (Å²) in [5, 5.41) is 5.49. The fraction of sp³-hybridized carbons (Fsp3) is 0.524. The molecule has 2 atom stereocenters. The van der Waals surface area contributed by atoms with Crippen LogP contribution in [0.2, 0.25) is 0 Å². The van der Waals surface area contributed by atoms with Gasteiger partial charge >= 0.3 is 12.0 Å². The lowest BCUT2D eigenvalue weighted by Crippen LogP contribution is -2.54. The van der Waals surface area contributed by atoms with Crippen molar-refractivity contribution in [1.29, 1.82) is 0 Å². The Morgan fingerprint density at radius 2 is 1.97 bits per heavy atom. The van der Waals surface area contributed by atoms with Gasteiger partial charge in [-0.05, 0) is 49.4 Å². The summed E-state index contributed by atoms with van der Waals surface area (Å²) in [6.07, 6.45) is 4.13. The first-order chi connectivity index (χ1) is 13.9. The average molecular weight is 401 g/mol. The molecule has 1 spiro atoms. The first kappa shape index (κ1) is 20.8. The molecule has 4 amide bonds. The third kappa shape index (κ3) is 4.26. The molecule has 0 radical (unpaired) electrons. The summed E-state index contributed by atoms with van der Waals surface area (Å²) in [6.45, 7) is 3.88. The van der Waals surface area contributed by atoms with Gasteiger partial charge in [-0.25, -0.2) is 9.59 Å². The van der Waals surface area contributed by atoms with E-state index in [9.17, 15) is 19.2 Å². The maximum absolute atomic E-state index is 12.9. The van der Waals surface area contributed by atoms with Crippen molar-refractivity contribution in [2.45, 2.75) is 51.5 Å². The molecule has 1 aliphatic heterocycles. The third-order valence-electron chi connectivity index (χ3n) is 5.64. The van der Waals surface area contributed by atoms with Crippen molar-refractivity contribution in [3.8, 4) is 0 Å². The van der Waals surface area contributed by atoms with Gasteiger partial charge in [0, 0.05) is 5.69 Å². The average Bonchev–Trinajstić information content (AvgIpc) is 2.94. The predicted octanol–water partition coefficient (Wildman–Crippen LogP) is 2.69. The van der Waals surface area contributed by atoms with E-state index in [1.807, 2.05) is 13.8 Å². The normalized spacial score (nSPS) is 23.8. The highest BCUT2D eigenvalue weighted by molar-refractivity contribution is 6.10. The number of hydrogen-bond acceptors (Lipinski definition) is 5. The monoisotopic (exact) mass is 401 g/mol. The summed E-state index contributed by atoms with van der Waals surface area (Å²) in [6, 6.07) is 5.75. The highest BCUT2D eigenvalue weighted by Crippen LogP contribution is 2.38. The Kier molecular flexibility index (Phi) is 6.20. The van der Waals surface area contributed by atoms with Crippen molar-refractivity contribution in [2.24, 2.45) is 5.92 Å². The van der Waals surface area contributed by atoms with Gasteiger partial charge in [0.15, 0.2) is 0 Å². The number of anilines is 1. The van der Waals surface area contributed by atoms with Gasteiger partial charge in [-0.2, -0.15) is 0 Å². The van der Waals surface area contributed by atoms with E-state index < -0.39 is 23.4 Å². The van der Waals surface area contributed by atoms with Crippen molar-refractivity contribution < 1.29 is 23.9 Å². The lowest BCUT2D eigenvalue weighted by Gasteiger charge is -2.36. The van der Waals surface area contributed by atoms with E-state index in [-0.39, 0.29) is 18.4 Å². The van der Waals surface area contributed by atoms with Crippen LogP contribution in [-0.2, 0) is 14.3 Å². The molecule has 1 aromatic rings. The van der Waals surface area contributed by atoms with Crippen molar-refractivity contribution in [1.82, 2.24) is 10.2 Å². The zero-order valence-corrected chi connectivity index (χ0v) is 16.8. The second-order valence-electron chi connectivity index (χ2n) is 7.70. The number of esters is 1. The Balaban J connectivity index is 1.60. The maximum Gasteiger partial charge on any atom is 0.338 e. The second kappa shape index (κ2) is 8.63. The van der Waals surface area contributed by atoms with Crippen LogP contribution in [0.15, 0.2) is 24.3 Å². The van der Waals surface area contributed by atoms with Gasteiger partial charge < -0.3 is 15.4 Å². The molecule has 1 aliphatic carbocycles. The summed E-state index contributed by atoms with van der Waals surface area (Å²) in [5.41, 5.74) is -0.0237. The quantitative estimate of drug-likeness (QED) is 0.563. The fourth-order valence-corrected chi connectivity index (χ4v) is 3.95. The Hall–Kier alpha value is -2.90. The first-order valence-corrected chi connectivity index (χ1v) is 10.1. The van der Waals surface area contributed by atoms with Crippen molar-refractivity contribution in [3.05, 3.63) is 29.8 Å². The smallest absolute Gasteiger partial charge is 0.338 e. The number of ether oxygens (including phenoxy) is 1. The Morgan fingerprint density at radius 3 is 2.62 bits per heavy atom. The molecule has 0 unspecified atom stereocenters. The molecule has 3 rings (SSSR count). The summed E-state index contributed by atoms with van der Waals surface area (Å²) in [5.74, 6) is -1.18. The molecular weight excluding hydrogens is 374 g/mol. The number of rotatable bonds is 6. The minimum atomic E-state index is -0.879. The minimum absolute atomic E-state index is 0.0424. The van der Waals surface area contributed by atoms with Crippen LogP contribution < -0.4 is 10.6 Å². The number of carbonyl (C=O) groups excluding carboxylic acids is 4. The number of urea groups is 1. The van der Waals surface area contributed by atoms with E-state index in [1.54, 1.807) is 24.3 Å². The molecule has 0 bridgehead atoms. The largest absolute Gasteiger partial charge is 0.462 e. The number of imide groups is 1. The number of nitrogens with one attached hydrogen (secondary N) is 2. The minimum Gasteiger partial charge on any atom is -0.462 e. The fourth-order valence-electron chi connectivity index (χ4n) is 3.95. The molecule has 2 aliphatic rings. The Labute approximate surface area is 170 Å². The van der Waals surface area contributed by atoms with E-state index in [2.05, 4.69) is 10.6 Å². The number of carbonyl (C=O) groups is 4. The van der Waals surface area contributed by atoms with Crippen LogP contribution in [0.25, 0.3) is 0 Å². The molecular formula is C21H27N3O5. The molecule has 2 N–H and O–H groups in total. The van der Waals surface area contributed by atoms with Crippen molar-refractivity contribution in [3.63, 3.8) is 0 Å². The van der Waals surface area contributed by atoms with Gasteiger partial charge in [0.2, 0.25) is 5.91 Å². The van der Waals surface area contributed by atoms with E-state index in [0.717, 1.165) is 30.6 Å². The van der Waals surface area contributed by atoms with Gasteiger partial charge in [0.05, 0.1) is 12.2 Å². The van der Waals surface area contributed by atoms with Crippen LogP contribution in [0.3, 0.4) is 0 Å². The molecule has 1 saturated carbocycles. The number of hydrogen-bond donors (Lipinski definition) is 2. The number of benzene rings is 1. The van der Waals surface area contributed by atoms with E-state index in [4.69, 9.17) is 4.74 Å². The summed E-state index contributed by atoms with van der Waals surface area (Å²) in [7, 11) is 0. The molecule has 1 aromatic carbocycles. The topological polar surface area (TPSA) is 105 Å². The highest BCUT2D eigenvalue weighted by Gasteiger charge is 2.55. The van der Waals surface area contributed by atoms with Crippen molar-refractivity contribution in [2.75, 3.05) is 18.5 Å². The molecule has 0 aromatic heterocycles. The van der Waals surface area contributed by atoms with Gasteiger partial charge in [-0.1, -0.05) is 26.7 Å². The van der Waals surface area contributed by atoms with Crippen LogP contribution >= 0.6 is 0 Å². The van der Waals surface area contributed by atoms with Gasteiger partial charge in [0.25, 0.3) is 5.91 Å². The Morgan fingerprint density at radius 1 is 1.24 bits per heavy atom. The Bertz CT molecular complexity index is 807. The zero-order chi connectivity index (χ0) is 21.0. The molecule has 156 valence electrons. The summed E-state index contributed by atoms with van der Waals surface area (Å²) >= 11 is 0. The van der Waals surface area contributed by atoms with Crippen LogP contribution in [0.5, 0.6) is 0 Å². The summed E-state index contributed by atoms with van der Waals surface area (Å²) in [4.78, 5) is 50.5. The van der Waals surface area contributed by atoms with Crippen LogP contribution in [0.4, 0.5) is 10.5 Å². The molecule has 29 heavy (non-hydrogen) atoms. The first-order valence-electron chi connectivity index (χ1n) is 10.1. The SMILES string of the molecule is CCCOC(=O)c1ccc(NC(=O)CN2C(=O)N[C@]3(CCCC[C@H]3C)C2=O)cc1. The molecule has 8 heteroatoms. The second-order valence-corrected chi connectivity index (χ2v) is 7.70. The predicted molar refractivity (Wildman–Crippen MR) is 106 cm³/mol. The summed E-state index contributed by atoms with van der Waals surface area (Å²) < 4.78 is 5.06. The van der Waals surface area contributed by atoms with Crippen LogP contribution in [0, 0.1) is 5.92 Å². The zero-order valence-electron chi connectivity index (χ0n) is 16.8. The standard InChI is InChI=1S/C21H27N3O5/c1-3-12-29-18(26)15-7-9-16(10-8-15)22-17(25)13-24-19(27)21(23-20(24)28)11-5-4-6-14(21)2/h7-10,14H,3-6,11-13H2,1-2H3,(H,22,25)(H,23,28)/t14-,21+/m1/s1. The maximum atomic E-state index is 12.9. The van der Waals surface area contributed by atoms with E-state index >= 15 is 0 Å². The molecule has 8 nitrogen and oxygen atoms in total. The van der Waals surface area contributed by atoms with E-state index in [1.165, 1.54) is 0 Å². The lowest BCUT2D eigenvalue weighted by molar-refractivity contribution is -0.136. The highest BCUT2D eigenvalue weighted by atomic mass is 16.5. The van der Waals surface area contributed by atoms with E-state index in [0.29, 0.717) is 24.3 Å². The van der Waals surface area contributed by atoms with Gasteiger partial charge in [0.1, 0.15) is 12.1 Å². The number of amides is 4. The third-order valence-corrected chi connectivity index (χ3v) is 5.64. The van der Waals surface area contributed by atoms with Gasteiger partial charge in [-0.3, -0.25) is 14.5 Å². The lowest BCUT2D eigenvalue weighted by atomic mass is 9.73. The van der Waals surface area contributed by atoms with Crippen LogP contribution in [-0.4, -0.2) is 47.4 Å². The number of nitrogens with zero attached hydrogens (tertiary/aromatic N) is 1.